The highest BCUT2D eigenvalue weighted by molar-refractivity contribution is 6.20. The molecule has 1 saturated heterocycles. The third-order valence-corrected chi connectivity index (χ3v) is 3.65. The van der Waals surface area contributed by atoms with Gasteiger partial charge in [0.25, 0.3) is 0 Å². The monoisotopic (exact) mass is 239 g/mol. The molecule has 0 radical (unpaired) electrons. The highest BCUT2D eigenvalue weighted by atomic mass is 35.5. The summed E-state index contributed by atoms with van der Waals surface area (Å²) in [6, 6.07) is 4.06. The lowest BCUT2D eigenvalue weighted by atomic mass is 9.94. The molecular formula is C12H18ClN3. The van der Waals surface area contributed by atoms with Gasteiger partial charge in [-0.25, -0.2) is 0 Å². The molecule has 4 heteroatoms. The minimum Gasteiger partial charge on any atom is -0.355 e. The zero-order valence-corrected chi connectivity index (χ0v) is 10.6. The van der Waals surface area contributed by atoms with E-state index in [1.807, 2.05) is 19.1 Å². The van der Waals surface area contributed by atoms with Crippen LogP contribution in [0.5, 0.6) is 0 Å². The number of piperidine rings is 1. The van der Waals surface area contributed by atoms with Gasteiger partial charge in [-0.2, -0.15) is 5.10 Å². The average Bonchev–Trinajstić information content (AvgIpc) is 2.30. The molecule has 2 heterocycles. The van der Waals surface area contributed by atoms with Crippen LogP contribution < -0.4 is 4.90 Å². The van der Waals surface area contributed by atoms with Gasteiger partial charge in [-0.05, 0) is 44.7 Å². The Balaban J connectivity index is 1.96. The van der Waals surface area contributed by atoms with Crippen LogP contribution >= 0.6 is 11.6 Å². The number of hydrogen-bond acceptors (Lipinski definition) is 3. The maximum absolute atomic E-state index is 6.12. The van der Waals surface area contributed by atoms with E-state index < -0.39 is 0 Å². The molecule has 0 spiro atoms. The summed E-state index contributed by atoms with van der Waals surface area (Å²) in [4.78, 5) is 2.29. The average molecular weight is 240 g/mol. The fraction of sp³-hybridized carbons (Fsp3) is 0.667. The Morgan fingerprint density at radius 1 is 1.31 bits per heavy atom. The molecule has 1 aromatic heterocycles. The Hall–Kier alpha value is -0.830. The van der Waals surface area contributed by atoms with Crippen LogP contribution in [0.3, 0.4) is 0 Å². The van der Waals surface area contributed by atoms with E-state index in [0.29, 0.717) is 5.92 Å². The summed E-state index contributed by atoms with van der Waals surface area (Å²) in [5.74, 6) is 1.64. The highest BCUT2D eigenvalue weighted by Crippen LogP contribution is 2.26. The van der Waals surface area contributed by atoms with Gasteiger partial charge in [0.15, 0.2) is 5.82 Å². The largest absolute Gasteiger partial charge is 0.355 e. The van der Waals surface area contributed by atoms with Crippen molar-refractivity contribution in [2.45, 2.75) is 32.1 Å². The molecule has 1 aliphatic heterocycles. The van der Waals surface area contributed by atoms with Crippen molar-refractivity contribution >= 4 is 17.4 Å². The number of aryl methyl sites for hydroxylation is 1. The number of hydrogen-bond donors (Lipinski definition) is 0. The predicted octanol–water partition coefficient (Wildman–Crippen LogP) is 2.63. The van der Waals surface area contributed by atoms with Gasteiger partial charge < -0.3 is 4.90 Å². The van der Waals surface area contributed by atoms with Crippen molar-refractivity contribution in [1.29, 1.82) is 0 Å². The van der Waals surface area contributed by atoms with Crippen LogP contribution in [0.25, 0.3) is 0 Å². The van der Waals surface area contributed by atoms with E-state index in [0.717, 1.165) is 37.4 Å². The molecule has 1 fully saturated rings. The second-order valence-corrected chi connectivity index (χ2v) is 5.22. The summed E-state index contributed by atoms with van der Waals surface area (Å²) in [6.45, 7) is 6.13. The van der Waals surface area contributed by atoms with Crippen molar-refractivity contribution in [3.05, 3.63) is 17.8 Å². The van der Waals surface area contributed by atoms with Crippen LogP contribution in [0.4, 0.5) is 5.82 Å². The Bertz CT molecular complexity index is 329. The van der Waals surface area contributed by atoms with E-state index in [-0.39, 0.29) is 5.38 Å². The van der Waals surface area contributed by atoms with Crippen LogP contribution in [0.15, 0.2) is 12.1 Å². The maximum atomic E-state index is 6.12. The second kappa shape index (κ2) is 5.00. The first-order valence-electron chi connectivity index (χ1n) is 5.86. The van der Waals surface area contributed by atoms with Crippen LogP contribution in [0.1, 0.15) is 25.5 Å². The van der Waals surface area contributed by atoms with E-state index in [9.17, 15) is 0 Å². The zero-order valence-electron chi connectivity index (χ0n) is 9.86. The molecule has 16 heavy (non-hydrogen) atoms. The first kappa shape index (κ1) is 11.6. The molecule has 0 bridgehead atoms. The normalized spacial score (nSPS) is 19.8. The molecule has 0 aromatic carbocycles. The second-order valence-electron chi connectivity index (χ2n) is 4.53. The van der Waals surface area contributed by atoms with E-state index in [4.69, 9.17) is 11.6 Å². The number of alkyl halides is 1. The van der Waals surface area contributed by atoms with E-state index in [1.54, 1.807) is 0 Å². The van der Waals surface area contributed by atoms with Crippen molar-refractivity contribution < 1.29 is 0 Å². The van der Waals surface area contributed by atoms with Gasteiger partial charge in [0.2, 0.25) is 0 Å². The number of aromatic nitrogens is 2. The topological polar surface area (TPSA) is 29.0 Å². The van der Waals surface area contributed by atoms with Gasteiger partial charge >= 0.3 is 0 Å². The van der Waals surface area contributed by atoms with Crippen molar-refractivity contribution in [2.75, 3.05) is 18.0 Å². The first-order valence-corrected chi connectivity index (χ1v) is 6.30. The van der Waals surface area contributed by atoms with E-state index in [1.165, 1.54) is 0 Å². The van der Waals surface area contributed by atoms with Crippen LogP contribution in [0, 0.1) is 12.8 Å². The predicted molar refractivity (Wildman–Crippen MR) is 67.0 cm³/mol. The van der Waals surface area contributed by atoms with Gasteiger partial charge in [-0.3, -0.25) is 0 Å². The van der Waals surface area contributed by atoms with Gasteiger partial charge in [-0.1, -0.05) is 0 Å². The number of rotatable bonds is 2. The fourth-order valence-electron chi connectivity index (χ4n) is 2.15. The van der Waals surface area contributed by atoms with Crippen molar-refractivity contribution in [1.82, 2.24) is 10.2 Å². The van der Waals surface area contributed by atoms with E-state index >= 15 is 0 Å². The Morgan fingerprint density at radius 3 is 2.50 bits per heavy atom. The van der Waals surface area contributed by atoms with Crippen molar-refractivity contribution in [3.63, 3.8) is 0 Å². The Labute approximate surface area is 102 Å². The molecule has 0 amide bonds. The molecule has 1 unspecified atom stereocenters. The van der Waals surface area contributed by atoms with Crippen LogP contribution in [-0.4, -0.2) is 28.7 Å². The molecule has 0 N–H and O–H groups in total. The van der Waals surface area contributed by atoms with Gasteiger partial charge in [0, 0.05) is 18.5 Å². The maximum Gasteiger partial charge on any atom is 0.151 e. The number of halogens is 1. The SMILES string of the molecule is Cc1ccc(N2CCC(C(C)Cl)CC2)nn1. The summed E-state index contributed by atoms with van der Waals surface area (Å²) >= 11 is 6.12. The molecule has 88 valence electrons. The minimum absolute atomic E-state index is 0.284. The fourth-order valence-corrected chi connectivity index (χ4v) is 2.40. The number of anilines is 1. The van der Waals surface area contributed by atoms with Gasteiger partial charge in [0.05, 0.1) is 5.69 Å². The quantitative estimate of drug-likeness (QED) is 0.743. The summed E-state index contributed by atoms with van der Waals surface area (Å²) in [6.07, 6.45) is 2.31. The highest BCUT2D eigenvalue weighted by Gasteiger charge is 2.23. The molecule has 2 rings (SSSR count). The van der Waals surface area contributed by atoms with Gasteiger partial charge in [-0.15, -0.1) is 16.7 Å². The molecule has 0 aliphatic carbocycles. The third kappa shape index (κ3) is 2.64. The smallest absolute Gasteiger partial charge is 0.151 e. The minimum atomic E-state index is 0.284. The lowest BCUT2D eigenvalue weighted by molar-refractivity contribution is 0.398. The molecule has 1 atom stereocenters. The van der Waals surface area contributed by atoms with E-state index in [2.05, 4.69) is 22.0 Å². The summed E-state index contributed by atoms with van der Waals surface area (Å²) in [7, 11) is 0. The molecule has 1 aliphatic rings. The Kier molecular flexibility index (Phi) is 3.64. The van der Waals surface area contributed by atoms with Crippen LogP contribution in [-0.2, 0) is 0 Å². The third-order valence-electron chi connectivity index (χ3n) is 3.30. The summed E-state index contributed by atoms with van der Waals surface area (Å²) in [5, 5.41) is 8.59. The first-order chi connectivity index (χ1) is 7.66. The van der Waals surface area contributed by atoms with Gasteiger partial charge in [0.1, 0.15) is 0 Å². The standard InChI is InChI=1S/C12H18ClN3/c1-9-3-4-12(15-14-9)16-7-5-11(6-8-16)10(2)13/h3-4,10-11H,5-8H2,1-2H3. The lowest BCUT2D eigenvalue weighted by Crippen LogP contribution is -2.36. The Morgan fingerprint density at radius 2 is 2.00 bits per heavy atom. The summed E-state index contributed by atoms with van der Waals surface area (Å²) < 4.78 is 0. The van der Waals surface area contributed by atoms with Crippen molar-refractivity contribution in [3.8, 4) is 0 Å². The molecule has 1 aromatic rings. The lowest BCUT2D eigenvalue weighted by Gasteiger charge is -2.33. The summed E-state index contributed by atoms with van der Waals surface area (Å²) in [5.41, 5.74) is 0.966. The molecular weight excluding hydrogens is 222 g/mol. The van der Waals surface area contributed by atoms with Crippen molar-refractivity contribution in [2.24, 2.45) is 5.92 Å². The molecule has 0 saturated carbocycles. The molecule has 3 nitrogen and oxygen atoms in total. The number of nitrogens with zero attached hydrogens (tertiary/aromatic N) is 3. The zero-order chi connectivity index (χ0) is 11.5. The van der Waals surface area contributed by atoms with Crippen LogP contribution in [0.2, 0.25) is 0 Å².